The summed E-state index contributed by atoms with van der Waals surface area (Å²) in [7, 11) is 1.61. The summed E-state index contributed by atoms with van der Waals surface area (Å²) < 4.78 is 6.49. The zero-order chi connectivity index (χ0) is 14.3. The molecule has 0 aliphatic heterocycles. The summed E-state index contributed by atoms with van der Waals surface area (Å²) >= 11 is 0. The van der Waals surface area contributed by atoms with E-state index in [0.717, 1.165) is 5.69 Å². The SMILES string of the molecule is COCC(C)NC(=O)Cn1cc(CNC(C)C)nn1. The molecule has 1 atom stereocenters. The fourth-order valence-electron chi connectivity index (χ4n) is 1.56. The lowest BCUT2D eigenvalue weighted by Gasteiger charge is -2.12. The van der Waals surface area contributed by atoms with E-state index in [1.165, 1.54) is 4.68 Å². The van der Waals surface area contributed by atoms with Gasteiger partial charge in [0.05, 0.1) is 18.5 Å². The molecule has 0 aliphatic carbocycles. The maximum Gasteiger partial charge on any atom is 0.242 e. The Labute approximate surface area is 113 Å². The van der Waals surface area contributed by atoms with Gasteiger partial charge in [0.15, 0.2) is 0 Å². The lowest BCUT2D eigenvalue weighted by atomic mass is 10.3. The predicted octanol–water partition coefficient (Wildman–Crippen LogP) is -0.0728. The molecule has 0 aromatic carbocycles. The van der Waals surface area contributed by atoms with E-state index in [9.17, 15) is 4.79 Å². The molecule has 108 valence electrons. The van der Waals surface area contributed by atoms with Crippen molar-refractivity contribution in [3.8, 4) is 0 Å². The van der Waals surface area contributed by atoms with Gasteiger partial charge in [0.1, 0.15) is 6.54 Å². The van der Waals surface area contributed by atoms with Gasteiger partial charge in [0.25, 0.3) is 0 Å². The number of rotatable bonds is 8. The molecule has 1 amide bonds. The lowest BCUT2D eigenvalue weighted by molar-refractivity contribution is -0.122. The fraction of sp³-hybridized carbons (Fsp3) is 0.750. The van der Waals surface area contributed by atoms with Crippen LogP contribution in [0.25, 0.3) is 0 Å². The summed E-state index contributed by atoms with van der Waals surface area (Å²) in [5.41, 5.74) is 0.825. The van der Waals surface area contributed by atoms with Crippen molar-refractivity contribution >= 4 is 5.91 Å². The second-order valence-corrected chi connectivity index (χ2v) is 4.87. The van der Waals surface area contributed by atoms with Crippen LogP contribution in [0.3, 0.4) is 0 Å². The quantitative estimate of drug-likeness (QED) is 0.690. The van der Waals surface area contributed by atoms with E-state index in [0.29, 0.717) is 19.2 Å². The molecule has 7 nitrogen and oxygen atoms in total. The number of carbonyl (C=O) groups is 1. The highest BCUT2D eigenvalue weighted by Gasteiger charge is 2.09. The third kappa shape index (κ3) is 6.30. The van der Waals surface area contributed by atoms with Crippen molar-refractivity contribution < 1.29 is 9.53 Å². The second kappa shape index (κ2) is 7.85. The van der Waals surface area contributed by atoms with Gasteiger partial charge in [-0.15, -0.1) is 5.10 Å². The number of carbonyl (C=O) groups excluding carboxylic acids is 1. The Kier molecular flexibility index (Phi) is 6.44. The van der Waals surface area contributed by atoms with E-state index in [-0.39, 0.29) is 18.5 Å². The molecule has 0 bridgehead atoms. The van der Waals surface area contributed by atoms with Crippen LogP contribution >= 0.6 is 0 Å². The van der Waals surface area contributed by atoms with Gasteiger partial charge in [-0.2, -0.15) is 0 Å². The zero-order valence-electron chi connectivity index (χ0n) is 12.0. The normalized spacial score (nSPS) is 12.7. The van der Waals surface area contributed by atoms with Crippen molar-refractivity contribution in [2.24, 2.45) is 0 Å². The van der Waals surface area contributed by atoms with Gasteiger partial charge >= 0.3 is 0 Å². The largest absolute Gasteiger partial charge is 0.383 e. The Bertz CT molecular complexity index is 391. The fourth-order valence-corrected chi connectivity index (χ4v) is 1.56. The second-order valence-electron chi connectivity index (χ2n) is 4.87. The van der Waals surface area contributed by atoms with Crippen LogP contribution in [0.2, 0.25) is 0 Å². The highest BCUT2D eigenvalue weighted by molar-refractivity contribution is 5.75. The molecular weight excluding hydrogens is 246 g/mol. The Hall–Kier alpha value is -1.47. The van der Waals surface area contributed by atoms with Crippen LogP contribution in [-0.2, 0) is 22.6 Å². The minimum atomic E-state index is -0.0992. The van der Waals surface area contributed by atoms with Gasteiger partial charge in [-0.25, -0.2) is 4.68 Å². The number of aromatic nitrogens is 3. The predicted molar refractivity (Wildman–Crippen MR) is 71.5 cm³/mol. The van der Waals surface area contributed by atoms with E-state index < -0.39 is 0 Å². The molecule has 0 fully saturated rings. The van der Waals surface area contributed by atoms with E-state index in [1.54, 1.807) is 13.3 Å². The summed E-state index contributed by atoms with van der Waals surface area (Å²) in [6.07, 6.45) is 1.77. The van der Waals surface area contributed by atoms with E-state index >= 15 is 0 Å². The Balaban J connectivity index is 2.38. The van der Waals surface area contributed by atoms with E-state index in [4.69, 9.17) is 4.74 Å². The highest BCUT2D eigenvalue weighted by Crippen LogP contribution is 1.94. The van der Waals surface area contributed by atoms with Crippen molar-refractivity contribution in [1.29, 1.82) is 0 Å². The number of hydrogen-bond donors (Lipinski definition) is 2. The van der Waals surface area contributed by atoms with Crippen molar-refractivity contribution in [1.82, 2.24) is 25.6 Å². The molecular formula is C12H23N5O2. The van der Waals surface area contributed by atoms with E-state index in [1.807, 2.05) is 6.92 Å². The maximum atomic E-state index is 11.7. The lowest BCUT2D eigenvalue weighted by Crippen LogP contribution is -2.37. The number of amides is 1. The molecule has 2 N–H and O–H groups in total. The summed E-state index contributed by atoms with van der Waals surface area (Å²) in [4.78, 5) is 11.7. The minimum absolute atomic E-state index is 0.0110. The van der Waals surface area contributed by atoms with Gasteiger partial charge in [-0.3, -0.25) is 4.79 Å². The van der Waals surface area contributed by atoms with Gasteiger partial charge in [-0.1, -0.05) is 19.1 Å². The first kappa shape index (κ1) is 15.6. The van der Waals surface area contributed by atoms with Gasteiger partial charge in [0.2, 0.25) is 5.91 Å². The average Bonchev–Trinajstić information content (AvgIpc) is 2.74. The topological polar surface area (TPSA) is 81.1 Å². The molecule has 0 saturated heterocycles. The third-order valence-electron chi connectivity index (χ3n) is 2.41. The molecule has 0 spiro atoms. The van der Waals surface area contributed by atoms with E-state index in [2.05, 4.69) is 34.8 Å². The van der Waals surface area contributed by atoms with Crippen molar-refractivity contribution in [3.05, 3.63) is 11.9 Å². The Morgan fingerprint density at radius 1 is 1.47 bits per heavy atom. The van der Waals surface area contributed by atoms with Crippen molar-refractivity contribution in [2.45, 2.75) is 45.9 Å². The highest BCUT2D eigenvalue weighted by atomic mass is 16.5. The molecule has 1 aromatic rings. The Morgan fingerprint density at radius 2 is 2.21 bits per heavy atom. The van der Waals surface area contributed by atoms with Crippen LogP contribution in [0.1, 0.15) is 26.5 Å². The first-order valence-corrected chi connectivity index (χ1v) is 6.42. The average molecular weight is 269 g/mol. The summed E-state index contributed by atoms with van der Waals surface area (Å²) in [6.45, 7) is 7.33. The van der Waals surface area contributed by atoms with Crippen LogP contribution < -0.4 is 10.6 Å². The van der Waals surface area contributed by atoms with Crippen molar-refractivity contribution in [2.75, 3.05) is 13.7 Å². The van der Waals surface area contributed by atoms with Crippen LogP contribution in [0.4, 0.5) is 0 Å². The maximum absolute atomic E-state index is 11.7. The first-order chi connectivity index (χ1) is 9.01. The Morgan fingerprint density at radius 3 is 2.84 bits per heavy atom. The third-order valence-corrected chi connectivity index (χ3v) is 2.41. The summed E-state index contributed by atoms with van der Waals surface area (Å²) in [5, 5.41) is 14.0. The molecule has 19 heavy (non-hydrogen) atoms. The monoisotopic (exact) mass is 269 g/mol. The first-order valence-electron chi connectivity index (χ1n) is 6.42. The smallest absolute Gasteiger partial charge is 0.242 e. The molecule has 1 heterocycles. The van der Waals surface area contributed by atoms with Crippen LogP contribution in [0.5, 0.6) is 0 Å². The molecule has 7 heteroatoms. The molecule has 1 rings (SSSR count). The van der Waals surface area contributed by atoms with Crippen LogP contribution in [-0.4, -0.2) is 46.7 Å². The van der Waals surface area contributed by atoms with Gasteiger partial charge < -0.3 is 15.4 Å². The van der Waals surface area contributed by atoms with Gasteiger partial charge in [-0.05, 0) is 6.92 Å². The number of ether oxygens (including phenoxy) is 1. The van der Waals surface area contributed by atoms with Crippen molar-refractivity contribution in [3.63, 3.8) is 0 Å². The molecule has 0 radical (unpaired) electrons. The summed E-state index contributed by atoms with van der Waals surface area (Å²) in [6, 6.07) is 0.381. The number of methoxy groups -OCH3 is 1. The van der Waals surface area contributed by atoms with Crippen LogP contribution in [0, 0.1) is 0 Å². The van der Waals surface area contributed by atoms with Gasteiger partial charge in [0, 0.05) is 25.7 Å². The molecule has 1 aromatic heterocycles. The standard InChI is InChI=1S/C12H23N5O2/c1-9(2)13-5-11-6-17(16-15-11)7-12(18)14-10(3)8-19-4/h6,9-10,13H,5,7-8H2,1-4H3,(H,14,18). The molecule has 0 aliphatic rings. The number of nitrogens with zero attached hydrogens (tertiary/aromatic N) is 3. The van der Waals surface area contributed by atoms with Crippen LogP contribution in [0.15, 0.2) is 6.20 Å². The molecule has 1 unspecified atom stereocenters. The minimum Gasteiger partial charge on any atom is -0.383 e. The molecule has 0 saturated carbocycles. The number of hydrogen-bond acceptors (Lipinski definition) is 5. The number of nitrogens with one attached hydrogen (secondary N) is 2. The zero-order valence-corrected chi connectivity index (χ0v) is 12.0. The summed E-state index contributed by atoms with van der Waals surface area (Å²) in [5.74, 6) is -0.0992.